The molecule has 3 rings (SSSR count). The van der Waals surface area contributed by atoms with Gasteiger partial charge in [0, 0.05) is 18.7 Å². The van der Waals surface area contributed by atoms with Crippen LogP contribution in [-0.4, -0.2) is 23.9 Å². The molecule has 1 amide bonds. The van der Waals surface area contributed by atoms with Gasteiger partial charge in [0.05, 0.1) is 16.3 Å². The van der Waals surface area contributed by atoms with E-state index in [2.05, 4.69) is 17.1 Å². The third-order valence-corrected chi connectivity index (χ3v) is 5.23. The molecule has 2 aromatic carbocycles. The minimum atomic E-state index is -4.50. The van der Waals surface area contributed by atoms with Crippen molar-refractivity contribution in [2.24, 2.45) is 5.92 Å². The van der Waals surface area contributed by atoms with Crippen molar-refractivity contribution < 1.29 is 18.0 Å². The Balaban J connectivity index is 1.66. The Morgan fingerprint density at radius 3 is 2.57 bits per heavy atom. The number of halogens is 4. The van der Waals surface area contributed by atoms with E-state index >= 15 is 0 Å². The van der Waals surface area contributed by atoms with Crippen LogP contribution in [0.15, 0.2) is 42.5 Å². The largest absolute Gasteiger partial charge is 0.416 e. The van der Waals surface area contributed by atoms with Crippen molar-refractivity contribution in [3.05, 3.63) is 64.2 Å². The lowest BCUT2D eigenvalue weighted by Crippen LogP contribution is -2.33. The minimum Gasteiger partial charge on any atom is -0.321 e. The molecule has 0 aliphatic carbocycles. The number of piperidine rings is 1. The molecule has 2 aromatic rings. The highest BCUT2D eigenvalue weighted by molar-refractivity contribution is 6.34. The summed E-state index contributed by atoms with van der Waals surface area (Å²) < 4.78 is 38.6. The van der Waals surface area contributed by atoms with Crippen molar-refractivity contribution in [2.45, 2.75) is 32.5 Å². The van der Waals surface area contributed by atoms with E-state index in [-0.39, 0.29) is 10.7 Å². The Morgan fingerprint density at radius 1 is 1.21 bits per heavy atom. The van der Waals surface area contributed by atoms with E-state index in [0.29, 0.717) is 11.5 Å². The summed E-state index contributed by atoms with van der Waals surface area (Å²) in [7, 11) is 0. The number of hydrogen-bond acceptors (Lipinski definition) is 2. The molecule has 0 saturated carbocycles. The molecule has 0 radical (unpaired) electrons. The molecule has 1 saturated heterocycles. The molecule has 1 atom stereocenters. The van der Waals surface area contributed by atoms with Crippen LogP contribution in [0, 0.1) is 5.92 Å². The third kappa shape index (κ3) is 5.26. The quantitative estimate of drug-likeness (QED) is 0.686. The molecule has 7 heteroatoms. The van der Waals surface area contributed by atoms with E-state index in [1.165, 1.54) is 12.8 Å². The van der Waals surface area contributed by atoms with Crippen molar-refractivity contribution in [3.8, 4) is 0 Å². The molecular formula is C21H22ClF3N2O. The summed E-state index contributed by atoms with van der Waals surface area (Å²) in [6, 6.07) is 9.96. The van der Waals surface area contributed by atoms with Crippen LogP contribution in [0.2, 0.25) is 5.02 Å². The van der Waals surface area contributed by atoms with Gasteiger partial charge >= 0.3 is 6.18 Å². The van der Waals surface area contributed by atoms with Crippen LogP contribution in [0.4, 0.5) is 18.9 Å². The number of amides is 1. The number of rotatable bonds is 4. The molecule has 1 heterocycles. The summed E-state index contributed by atoms with van der Waals surface area (Å²) in [4.78, 5) is 14.8. The Kier molecular flexibility index (Phi) is 6.30. The number of nitrogens with one attached hydrogen (secondary N) is 1. The summed E-state index contributed by atoms with van der Waals surface area (Å²) in [6.45, 7) is 5.21. The van der Waals surface area contributed by atoms with Crippen molar-refractivity contribution in [2.75, 3.05) is 18.4 Å². The van der Waals surface area contributed by atoms with Gasteiger partial charge in [0.1, 0.15) is 0 Å². The number of carbonyl (C=O) groups excluding carboxylic acids is 1. The van der Waals surface area contributed by atoms with E-state index in [0.717, 1.165) is 43.4 Å². The predicted molar refractivity (Wildman–Crippen MR) is 105 cm³/mol. The first-order valence-electron chi connectivity index (χ1n) is 9.22. The SMILES string of the molecule is C[C@@H]1CCCN(Cc2ccc(C(=O)Nc3cc(C(F)(F)F)ccc3Cl)cc2)C1. The molecule has 150 valence electrons. The maximum atomic E-state index is 12.9. The fourth-order valence-electron chi connectivity index (χ4n) is 3.44. The molecule has 0 unspecified atom stereocenters. The maximum Gasteiger partial charge on any atom is 0.416 e. The molecule has 1 aliphatic heterocycles. The van der Waals surface area contributed by atoms with E-state index in [1.54, 1.807) is 12.1 Å². The topological polar surface area (TPSA) is 32.3 Å². The number of hydrogen-bond donors (Lipinski definition) is 1. The van der Waals surface area contributed by atoms with Crippen LogP contribution in [-0.2, 0) is 12.7 Å². The van der Waals surface area contributed by atoms with E-state index in [9.17, 15) is 18.0 Å². The van der Waals surface area contributed by atoms with Gasteiger partial charge in [-0.05, 0) is 61.2 Å². The average Bonchev–Trinajstić information content (AvgIpc) is 2.63. The van der Waals surface area contributed by atoms with Crippen molar-refractivity contribution in [1.29, 1.82) is 0 Å². The van der Waals surface area contributed by atoms with Crippen LogP contribution in [0.25, 0.3) is 0 Å². The maximum absolute atomic E-state index is 12.9. The Morgan fingerprint density at radius 2 is 1.93 bits per heavy atom. The summed E-state index contributed by atoms with van der Waals surface area (Å²) >= 11 is 5.94. The molecule has 0 spiro atoms. The van der Waals surface area contributed by atoms with Crippen LogP contribution < -0.4 is 5.32 Å². The minimum absolute atomic E-state index is 0.0530. The number of likely N-dealkylation sites (tertiary alicyclic amines) is 1. The summed E-state index contributed by atoms with van der Waals surface area (Å²) in [5.41, 5.74) is 0.540. The Hall–Kier alpha value is -2.05. The van der Waals surface area contributed by atoms with Gasteiger partial charge in [-0.1, -0.05) is 30.7 Å². The highest BCUT2D eigenvalue weighted by Gasteiger charge is 2.31. The van der Waals surface area contributed by atoms with Crippen LogP contribution in [0.5, 0.6) is 0 Å². The van der Waals surface area contributed by atoms with Gasteiger partial charge in [0.2, 0.25) is 0 Å². The lowest BCUT2D eigenvalue weighted by Gasteiger charge is -2.30. The fourth-order valence-corrected chi connectivity index (χ4v) is 3.61. The average molecular weight is 411 g/mol. The zero-order valence-electron chi connectivity index (χ0n) is 15.5. The normalized spacial score (nSPS) is 18.1. The number of alkyl halides is 3. The van der Waals surface area contributed by atoms with Gasteiger partial charge in [-0.25, -0.2) is 0 Å². The van der Waals surface area contributed by atoms with Gasteiger partial charge in [-0.2, -0.15) is 13.2 Å². The second kappa shape index (κ2) is 8.53. The van der Waals surface area contributed by atoms with Crippen molar-refractivity contribution >= 4 is 23.2 Å². The molecule has 0 aromatic heterocycles. The van der Waals surface area contributed by atoms with Crippen molar-refractivity contribution in [1.82, 2.24) is 4.90 Å². The number of nitrogens with zero attached hydrogens (tertiary/aromatic N) is 1. The van der Waals surface area contributed by atoms with Crippen LogP contribution in [0.1, 0.15) is 41.3 Å². The van der Waals surface area contributed by atoms with E-state index < -0.39 is 17.6 Å². The van der Waals surface area contributed by atoms with Crippen LogP contribution in [0.3, 0.4) is 0 Å². The predicted octanol–water partition coefficient (Wildman–Crippen LogP) is 5.84. The monoisotopic (exact) mass is 410 g/mol. The van der Waals surface area contributed by atoms with Crippen LogP contribution >= 0.6 is 11.6 Å². The zero-order chi connectivity index (χ0) is 20.3. The van der Waals surface area contributed by atoms with E-state index in [4.69, 9.17) is 11.6 Å². The molecule has 3 nitrogen and oxygen atoms in total. The highest BCUT2D eigenvalue weighted by atomic mass is 35.5. The number of benzene rings is 2. The summed E-state index contributed by atoms with van der Waals surface area (Å²) in [6.07, 6.45) is -2.05. The summed E-state index contributed by atoms with van der Waals surface area (Å²) in [5, 5.41) is 2.52. The van der Waals surface area contributed by atoms with Gasteiger partial charge in [0.15, 0.2) is 0 Å². The first kappa shape index (κ1) is 20.7. The second-order valence-electron chi connectivity index (χ2n) is 7.33. The standard InChI is InChI=1S/C21H22ClF3N2O/c1-14-3-2-10-27(12-14)13-15-4-6-16(7-5-15)20(28)26-19-11-17(21(23,24)25)8-9-18(19)22/h4-9,11,14H,2-3,10,12-13H2,1H3,(H,26,28)/t14-/m1/s1. The van der Waals surface area contributed by atoms with Gasteiger partial charge in [-0.15, -0.1) is 0 Å². The zero-order valence-corrected chi connectivity index (χ0v) is 16.3. The van der Waals surface area contributed by atoms with Crippen molar-refractivity contribution in [3.63, 3.8) is 0 Å². The molecule has 28 heavy (non-hydrogen) atoms. The molecule has 1 fully saturated rings. The molecule has 1 N–H and O–H groups in total. The molecular weight excluding hydrogens is 389 g/mol. The second-order valence-corrected chi connectivity index (χ2v) is 7.73. The highest BCUT2D eigenvalue weighted by Crippen LogP contribution is 2.34. The smallest absolute Gasteiger partial charge is 0.321 e. The number of anilines is 1. The first-order valence-corrected chi connectivity index (χ1v) is 9.59. The summed E-state index contributed by atoms with van der Waals surface area (Å²) in [5.74, 6) is 0.190. The lowest BCUT2D eigenvalue weighted by molar-refractivity contribution is -0.137. The fraction of sp³-hybridized carbons (Fsp3) is 0.381. The van der Waals surface area contributed by atoms with Gasteiger partial charge in [0.25, 0.3) is 5.91 Å². The van der Waals surface area contributed by atoms with E-state index in [1.807, 2.05) is 12.1 Å². The lowest BCUT2D eigenvalue weighted by atomic mass is 9.99. The molecule has 0 bridgehead atoms. The Labute approximate surface area is 167 Å². The number of carbonyl (C=O) groups is 1. The van der Waals surface area contributed by atoms with Gasteiger partial charge < -0.3 is 5.32 Å². The Bertz CT molecular complexity index is 837. The van der Waals surface area contributed by atoms with Gasteiger partial charge in [-0.3, -0.25) is 9.69 Å². The third-order valence-electron chi connectivity index (χ3n) is 4.91. The first-order chi connectivity index (χ1) is 13.2. The molecule has 1 aliphatic rings.